The van der Waals surface area contributed by atoms with Crippen LogP contribution in [0.4, 0.5) is 5.69 Å². The first-order chi connectivity index (χ1) is 9.18. The van der Waals surface area contributed by atoms with Gasteiger partial charge in [0.05, 0.1) is 0 Å². The molecule has 0 aliphatic carbocycles. The van der Waals surface area contributed by atoms with Gasteiger partial charge in [-0.3, -0.25) is 4.79 Å². The zero-order valence-corrected chi connectivity index (χ0v) is 14.1. The van der Waals surface area contributed by atoms with Crippen molar-refractivity contribution >= 4 is 58.0 Å². The third-order valence-electron chi connectivity index (χ3n) is 2.36. The van der Waals surface area contributed by atoms with Gasteiger partial charge in [-0.1, -0.05) is 66.3 Å². The molecule has 7 heteroatoms. The smallest absolute Gasteiger partial charge is 0.228 e. The third-order valence-corrected chi connectivity index (χ3v) is 3.25. The van der Waals surface area contributed by atoms with Gasteiger partial charge in [0.25, 0.3) is 0 Å². The van der Waals surface area contributed by atoms with Crippen LogP contribution in [-0.2, 0) is 4.79 Å². The quantitative estimate of drug-likeness (QED) is 0.596. The molecular formula is C13H16Cl4N2O. The predicted octanol–water partition coefficient (Wildman–Crippen LogP) is 4.61. The van der Waals surface area contributed by atoms with E-state index in [1.54, 1.807) is 24.3 Å². The van der Waals surface area contributed by atoms with Crippen molar-refractivity contribution in [2.45, 2.75) is 30.2 Å². The first-order valence-corrected chi connectivity index (χ1v) is 7.58. The van der Waals surface area contributed by atoms with Crippen molar-refractivity contribution in [1.82, 2.24) is 5.32 Å². The summed E-state index contributed by atoms with van der Waals surface area (Å²) in [7, 11) is 0. The molecule has 112 valence electrons. The van der Waals surface area contributed by atoms with Crippen LogP contribution in [0.15, 0.2) is 24.3 Å². The summed E-state index contributed by atoms with van der Waals surface area (Å²) in [5.74, 6) is 0.0306. The zero-order chi connectivity index (χ0) is 15.3. The predicted molar refractivity (Wildman–Crippen MR) is 86.8 cm³/mol. The first kappa shape index (κ1) is 17.7. The molecule has 0 saturated heterocycles. The second-order valence-corrected chi connectivity index (χ2v) is 7.60. The number of nitrogens with one attached hydrogen (secondary N) is 2. The van der Waals surface area contributed by atoms with E-state index in [9.17, 15) is 4.79 Å². The summed E-state index contributed by atoms with van der Waals surface area (Å²) >= 11 is 23.6. The summed E-state index contributed by atoms with van der Waals surface area (Å²) in [5, 5.41) is 6.17. The van der Waals surface area contributed by atoms with E-state index in [2.05, 4.69) is 10.6 Å². The Kier molecular flexibility index (Phi) is 6.73. The highest BCUT2D eigenvalue weighted by Crippen LogP contribution is 2.31. The molecule has 20 heavy (non-hydrogen) atoms. The number of rotatable bonds is 5. The van der Waals surface area contributed by atoms with Gasteiger partial charge in [-0.2, -0.15) is 0 Å². The second kappa shape index (κ2) is 7.60. The highest BCUT2D eigenvalue weighted by molar-refractivity contribution is 6.68. The molecule has 0 bridgehead atoms. The van der Waals surface area contributed by atoms with E-state index in [4.69, 9.17) is 46.4 Å². The highest BCUT2D eigenvalue weighted by atomic mass is 35.6. The van der Waals surface area contributed by atoms with Crippen molar-refractivity contribution in [3.05, 3.63) is 29.3 Å². The summed E-state index contributed by atoms with van der Waals surface area (Å²) in [6.07, 6.45) is -0.494. The minimum Gasteiger partial charge on any atom is -0.362 e. The van der Waals surface area contributed by atoms with E-state index in [0.717, 1.165) is 0 Å². The molecule has 1 aromatic carbocycles. The van der Waals surface area contributed by atoms with Crippen molar-refractivity contribution in [1.29, 1.82) is 0 Å². The standard InChI is InChI=1S/C13H16Cl4N2O/c1-8(2)6-11(20)19-12(13(15,16)17)18-10-5-3-4-9(14)7-10/h3-5,7-8,12,18H,6H2,1-2H3,(H,19,20). The van der Waals surface area contributed by atoms with Crippen LogP contribution in [0.1, 0.15) is 20.3 Å². The second-order valence-electron chi connectivity index (χ2n) is 4.79. The number of alkyl halides is 3. The van der Waals surface area contributed by atoms with Crippen molar-refractivity contribution in [3.8, 4) is 0 Å². The van der Waals surface area contributed by atoms with Crippen molar-refractivity contribution in [2.24, 2.45) is 5.92 Å². The van der Waals surface area contributed by atoms with Crippen LogP contribution in [0.5, 0.6) is 0 Å². The number of halogens is 4. The first-order valence-electron chi connectivity index (χ1n) is 6.06. The van der Waals surface area contributed by atoms with E-state index < -0.39 is 9.96 Å². The summed E-state index contributed by atoms with van der Waals surface area (Å²) < 4.78 is -1.69. The van der Waals surface area contributed by atoms with Gasteiger partial charge < -0.3 is 10.6 Å². The van der Waals surface area contributed by atoms with Crippen LogP contribution < -0.4 is 10.6 Å². The number of anilines is 1. The van der Waals surface area contributed by atoms with Crippen LogP contribution in [0.2, 0.25) is 5.02 Å². The van der Waals surface area contributed by atoms with E-state index in [-0.39, 0.29) is 11.8 Å². The Morgan fingerprint density at radius 3 is 2.45 bits per heavy atom. The van der Waals surface area contributed by atoms with Crippen molar-refractivity contribution in [3.63, 3.8) is 0 Å². The number of carbonyl (C=O) groups excluding carboxylic acids is 1. The number of hydrogen-bond acceptors (Lipinski definition) is 2. The SMILES string of the molecule is CC(C)CC(=O)NC(Nc1cccc(Cl)c1)C(Cl)(Cl)Cl. The molecule has 0 heterocycles. The van der Waals surface area contributed by atoms with E-state index in [1.807, 2.05) is 13.8 Å². The maximum absolute atomic E-state index is 11.8. The molecule has 0 radical (unpaired) electrons. The maximum atomic E-state index is 11.8. The number of benzene rings is 1. The lowest BCUT2D eigenvalue weighted by molar-refractivity contribution is -0.122. The van der Waals surface area contributed by atoms with Gasteiger partial charge in [-0.15, -0.1) is 0 Å². The van der Waals surface area contributed by atoms with Crippen molar-refractivity contribution < 1.29 is 4.79 Å². The summed E-state index contributed by atoms with van der Waals surface area (Å²) in [6.45, 7) is 3.88. The molecule has 1 amide bonds. The van der Waals surface area contributed by atoms with Gasteiger partial charge in [0.15, 0.2) is 0 Å². The average Bonchev–Trinajstić information content (AvgIpc) is 2.25. The molecule has 1 rings (SSSR count). The van der Waals surface area contributed by atoms with Crippen LogP contribution >= 0.6 is 46.4 Å². The van der Waals surface area contributed by atoms with Gasteiger partial charge in [0, 0.05) is 17.1 Å². The molecular weight excluding hydrogens is 342 g/mol. The summed E-state index contributed by atoms with van der Waals surface area (Å²) in [5.41, 5.74) is 0.652. The van der Waals surface area contributed by atoms with Crippen LogP contribution in [0.25, 0.3) is 0 Å². The minimum atomic E-state index is -1.69. The molecule has 0 aromatic heterocycles. The fourth-order valence-electron chi connectivity index (χ4n) is 1.54. The lowest BCUT2D eigenvalue weighted by atomic mass is 10.1. The molecule has 3 nitrogen and oxygen atoms in total. The Labute approximate surface area is 138 Å². The van der Waals surface area contributed by atoms with E-state index >= 15 is 0 Å². The Balaban J connectivity index is 2.78. The summed E-state index contributed by atoms with van der Waals surface area (Å²) in [6, 6.07) is 6.94. The van der Waals surface area contributed by atoms with Crippen LogP contribution in [0, 0.1) is 5.92 Å². The molecule has 1 aromatic rings. The normalized spacial score (nSPS) is 13.2. The minimum absolute atomic E-state index is 0.189. The Hall–Kier alpha value is -0.350. The van der Waals surface area contributed by atoms with Gasteiger partial charge in [0.1, 0.15) is 6.17 Å². The average molecular weight is 358 g/mol. The number of amides is 1. The highest BCUT2D eigenvalue weighted by Gasteiger charge is 2.34. The van der Waals surface area contributed by atoms with E-state index in [1.165, 1.54) is 0 Å². The Morgan fingerprint density at radius 2 is 1.95 bits per heavy atom. The number of carbonyl (C=O) groups is 1. The maximum Gasteiger partial charge on any atom is 0.228 e. The molecule has 0 spiro atoms. The molecule has 0 aliphatic rings. The Morgan fingerprint density at radius 1 is 1.30 bits per heavy atom. The fraction of sp³-hybridized carbons (Fsp3) is 0.462. The fourth-order valence-corrected chi connectivity index (χ4v) is 2.05. The Bertz CT molecular complexity index is 460. The van der Waals surface area contributed by atoms with Gasteiger partial charge >= 0.3 is 0 Å². The lowest BCUT2D eigenvalue weighted by Gasteiger charge is -2.27. The molecule has 0 aliphatic heterocycles. The summed E-state index contributed by atoms with van der Waals surface area (Å²) in [4.78, 5) is 11.8. The topological polar surface area (TPSA) is 41.1 Å². The third kappa shape index (κ3) is 6.40. The van der Waals surface area contributed by atoms with Crippen molar-refractivity contribution in [2.75, 3.05) is 5.32 Å². The zero-order valence-electron chi connectivity index (χ0n) is 11.1. The van der Waals surface area contributed by atoms with Crippen LogP contribution in [0.3, 0.4) is 0 Å². The van der Waals surface area contributed by atoms with Crippen LogP contribution in [-0.4, -0.2) is 15.9 Å². The van der Waals surface area contributed by atoms with E-state index in [0.29, 0.717) is 17.1 Å². The molecule has 0 saturated carbocycles. The molecule has 1 unspecified atom stereocenters. The molecule has 1 atom stereocenters. The van der Waals surface area contributed by atoms with Gasteiger partial charge in [0.2, 0.25) is 9.70 Å². The molecule has 0 fully saturated rings. The largest absolute Gasteiger partial charge is 0.362 e. The monoisotopic (exact) mass is 356 g/mol. The lowest BCUT2D eigenvalue weighted by Crippen LogP contribution is -2.49. The number of hydrogen-bond donors (Lipinski definition) is 2. The van der Waals surface area contributed by atoms with Gasteiger partial charge in [-0.05, 0) is 24.1 Å². The van der Waals surface area contributed by atoms with Gasteiger partial charge in [-0.25, -0.2) is 0 Å². The molecule has 2 N–H and O–H groups in total.